The first-order valence-corrected chi connectivity index (χ1v) is 26.1. The quantitative estimate of drug-likeness (QED) is 0.0365. The minimum Gasteiger partial charge on any atom is -0.481 e. The van der Waals surface area contributed by atoms with E-state index in [1.807, 2.05) is 0 Å². The van der Waals surface area contributed by atoms with Gasteiger partial charge in [-0.3, -0.25) is 33.6 Å². The molecule has 2 atom stereocenters. The molecule has 0 aromatic rings. The van der Waals surface area contributed by atoms with Crippen molar-refractivity contribution >= 4 is 53.2 Å². The summed E-state index contributed by atoms with van der Waals surface area (Å²) in [7, 11) is 0. The molecule has 26 nitrogen and oxygen atoms in total. The lowest BCUT2D eigenvalue weighted by Gasteiger charge is -2.17. The molecule has 75 heavy (non-hydrogen) atoms. The van der Waals surface area contributed by atoms with Crippen LogP contribution in [0.2, 0.25) is 0 Å². The van der Waals surface area contributed by atoms with Gasteiger partial charge in [-0.2, -0.15) is 0 Å². The van der Waals surface area contributed by atoms with Crippen molar-refractivity contribution in [1.29, 1.82) is 0 Å². The first-order chi connectivity index (χ1) is 36.2. The number of hydrogen-bond acceptors (Lipinski definition) is 18. The highest BCUT2D eigenvalue weighted by Crippen LogP contribution is 2.12. The van der Waals surface area contributed by atoms with Crippen LogP contribution < -0.4 is 31.9 Å². The number of Topliss-reactive ketones (excluding diaryl/α,β-unsaturated/α-hetero) is 1. The average molecular weight is 1080 g/mol. The normalized spacial score (nSPS) is 11.9. The minimum absolute atomic E-state index is 0.0531. The van der Waals surface area contributed by atoms with Gasteiger partial charge in [0.15, 0.2) is 5.78 Å². The number of ketones is 1. The number of ether oxygens (including phenoxy) is 8. The van der Waals surface area contributed by atoms with Crippen LogP contribution in [0.15, 0.2) is 0 Å². The smallest absolute Gasteiger partial charge is 0.326 e. The SMILES string of the molecule is CC(=O)COCCOCCNC(=O)COCCOCCNC(=O)COCCOCCNCCOCCOCCNC(=O)CC[C@H](NC(=O)CC[C@H](NC(=O)CCCCCCCCCCCCC(=O)O)C(=O)O)C(=O)O. The van der Waals surface area contributed by atoms with E-state index in [0.717, 1.165) is 51.4 Å². The second-order valence-electron chi connectivity index (χ2n) is 17.1. The molecule has 9 N–H and O–H groups in total. The van der Waals surface area contributed by atoms with Crippen LogP contribution in [0.3, 0.4) is 0 Å². The zero-order valence-electron chi connectivity index (χ0n) is 44.1. The Labute approximate surface area is 440 Å². The van der Waals surface area contributed by atoms with Gasteiger partial charge in [0.2, 0.25) is 29.5 Å². The maximum absolute atomic E-state index is 12.5. The fraction of sp³-hybridized carbons (Fsp3) is 0.816. The van der Waals surface area contributed by atoms with E-state index in [4.69, 9.17) is 43.0 Å². The summed E-state index contributed by atoms with van der Waals surface area (Å²) >= 11 is 0. The van der Waals surface area contributed by atoms with Gasteiger partial charge in [-0.25, -0.2) is 9.59 Å². The third-order valence-electron chi connectivity index (χ3n) is 10.4. The fourth-order valence-electron chi connectivity index (χ4n) is 6.49. The Kier molecular flexibility index (Phi) is 47.8. The van der Waals surface area contributed by atoms with Crippen LogP contribution in [-0.4, -0.2) is 219 Å². The Morgan fingerprint density at radius 3 is 1.05 bits per heavy atom. The highest BCUT2D eigenvalue weighted by atomic mass is 16.5. The number of hydrogen-bond donors (Lipinski definition) is 9. The Balaban J connectivity index is 3.73. The first-order valence-electron chi connectivity index (χ1n) is 26.1. The molecule has 0 aliphatic rings. The van der Waals surface area contributed by atoms with Crippen molar-refractivity contribution < 1.29 is 96.4 Å². The number of carbonyl (C=O) groups excluding carboxylic acids is 6. The highest BCUT2D eigenvalue weighted by molar-refractivity contribution is 5.86. The summed E-state index contributed by atoms with van der Waals surface area (Å²) in [5, 5.41) is 43.6. The van der Waals surface area contributed by atoms with Gasteiger partial charge in [0.25, 0.3) is 0 Å². The van der Waals surface area contributed by atoms with Gasteiger partial charge in [0.1, 0.15) is 31.9 Å². The van der Waals surface area contributed by atoms with Crippen LogP contribution in [0.1, 0.15) is 110 Å². The molecule has 0 heterocycles. The second-order valence-corrected chi connectivity index (χ2v) is 17.1. The summed E-state index contributed by atoms with van der Waals surface area (Å²) in [5.41, 5.74) is 0. The van der Waals surface area contributed by atoms with E-state index in [9.17, 15) is 53.4 Å². The summed E-state index contributed by atoms with van der Waals surface area (Å²) in [6, 6.07) is -2.70. The number of aliphatic carboxylic acids is 3. The lowest BCUT2D eigenvalue weighted by atomic mass is 10.0. The Bertz CT molecular complexity index is 1560. The summed E-state index contributed by atoms with van der Waals surface area (Å²) < 4.78 is 42.7. The van der Waals surface area contributed by atoms with Gasteiger partial charge >= 0.3 is 17.9 Å². The Morgan fingerprint density at radius 1 is 0.347 bits per heavy atom. The summed E-state index contributed by atoms with van der Waals surface area (Å²) in [5.74, 6) is -5.68. The maximum atomic E-state index is 12.5. The van der Waals surface area contributed by atoms with Crippen molar-refractivity contribution in [2.75, 3.05) is 138 Å². The van der Waals surface area contributed by atoms with Gasteiger partial charge in [0.05, 0.1) is 85.9 Å². The molecule has 434 valence electrons. The van der Waals surface area contributed by atoms with Gasteiger partial charge < -0.3 is 85.1 Å². The van der Waals surface area contributed by atoms with Gasteiger partial charge in [-0.15, -0.1) is 0 Å². The number of carboxylic acid groups (broad SMARTS) is 3. The largest absolute Gasteiger partial charge is 0.481 e. The van der Waals surface area contributed by atoms with Crippen molar-refractivity contribution in [3.63, 3.8) is 0 Å². The highest BCUT2D eigenvalue weighted by Gasteiger charge is 2.24. The van der Waals surface area contributed by atoms with Gasteiger partial charge in [0, 0.05) is 58.4 Å². The van der Waals surface area contributed by atoms with Crippen LogP contribution in [0.25, 0.3) is 0 Å². The molecule has 0 saturated carbocycles. The van der Waals surface area contributed by atoms with Crippen molar-refractivity contribution in [2.24, 2.45) is 0 Å². The molecule has 0 aliphatic heterocycles. The molecule has 0 aromatic heterocycles. The van der Waals surface area contributed by atoms with E-state index in [0.29, 0.717) is 78.7 Å². The first kappa shape index (κ1) is 70.1. The summed E-state index contributed by atoms with van der Waals surface area (Å²) in [4.78, 5) is 106. The minimum atomic E-state index is -1.38. The van der Waals surface area contributed by atoms with Gasteiger partial charge in [-0.1, -0.05) is 51.4 Å². The number of carboxylic acids is 3. The van der Waals surface area contributed by atoms with Crippen LogP contribution in [0.5, 0.6) is 0 Å². The predicted molar refractivity (Wildman–Crippen MR) is 270 cm³/mol. The molecule has 0 aromatic carbocycles. The molecular weight excluding hydrogens is 993 g/mol. The lowest BCUT2D eigenvalue weighted by Crippen LogP contribution is -2.44. The Morgan fingerprint density at radius 2 is 0.667 bits per heavy atom. The van der Waals surface area contributed by atoms with Crippen LogP contribution in [-0.2, 0) is 81.0 Å². The summed E-state index contributed by atoms with van der Waals surface area (Å²) in [6.45, 7) is 7.08. The number of unbranched alkanes of at least 4 members (excludes halogenated alkanes) is 9. The van der Waals surface area contributed by atoms with Crippen molar-refractivity contribution in [2.45, 2.75) is 122 Å². The van der Waals surface area contributed by atoms with Crippen molar-refractivity contribution in [3.8, 4) is 0 Å². The number of amides is 5. The standard InChI is InChI=1S/C49H88N6O20/c1-39(56)36-73-33-30-71-26-21-52-46(61)38-75-35-32-72-27-22-53-45(60)37-74-34-31-69-24-19-50-18-23-68-28-29-70-25-20-51-42(57)16-14-40(48(64)65)55-44(59)17-15-41(49(66)67)54-43(58)12-10-8-6-4-2-3-5-7-9-11-13-47(62)63/h40-41,50H,2-38H2,1H3,(H,51,57)(H,52,61)(H,53,60)(H,54,58)(H,55,59)(H,62,63)(H,64,65)(H,66,67)/t40-,41-/m0/s1. The Hall–Kier alpha value is -4.93. The molecule has 26 heteroatoms. The third kappa shape index (κ3) is 51.0. The van der Waals surface area contributed by atoms with E-state index >= 15 is 0 Å². The van der Waals surface area contributed by atoms with E-state index in [-0.39, 0.29) is 129 Å². The predicted octanol–water partition coefficient (Wildman–Crippen LogP) is 0.111. The fourth-order valence-corrected chi connectivity index (χ4v) is 6.49. The van der Waals surface area contributed by atoms with Crippen LogP contribution in [0.4, 0.5) is 0 Å². The molecule has 0 fully saturated rings. The molecule has 0 unspecified atom stereocenters. The second kappa shape index (κ2) is 51.2. The zero-order chi connectivity index (χ0) is 55.4. The molecule has 5 amide bonds. The van der Waals surface area contributed by atoms with Crippen molar-refractivity contribution in [3.05, 3.63) is 0 Å². The average Bonchev–Trinajstić information content (AvgIpc) is 3.36. The molecule has 0 bridgehead atoms. The number of rotatable bonds is 56. The monoisotopic (exact) mass is 1080 g/mol. The van der Waals surface area contributed by atoms with Crippen LogP contribution >= 0.6 is 0 Å². The van der Waals surface area contributed by atoms with E-state index < -0.39 is 47.7 Å². The summed E-state index contributed by atoms with van der Waals surface area (Å²) in [6.07, 6.45) is 8.56. The number of carbonyl (C=O) groups is 9. The molecule has 0 rings (SSSR count). The molecule has 0 radical (unpaired) electrons. The molecule has 0 saturated heterocycles. The van der Waals surface area contributed by atoms with E-state index in [1.54, 1.807) is 0 Å². The topological polar surface area (TPSA) is 360 Å². The molecular formula is C49H88N6O20. The number of nitrogens with one attached hydrogen (secondary N) is 6. The van der Waals surface area contributed by atoms with E-state index in [2.05, 4.69) is 31.9 Å². The maximum Gasteiger partial charge on any atom is 0.326 e. The zero-order valence-corrected chi connectivity index (χ0v) is 44.1. The van der Waals surface area contributed by atoms with Gasteiger partial charge in [-0.05, 0) is 32.6 Å². The molecule has 0 aliphatic carbocycles. The van der Waals surface area contributed by atoms with Crippen molar-refractivity contribution in [1.82, 2.24) is 31.9 Å². The lowest BCUT2D eigenvalue weighted by molar-refractivity contribution is -0.143. The van der Waals surface area contributed by atoms with Crippen LogP contribution in [0, 0.1) is 0 Å². The molecule has 0 spiro atoms. The third-order valence-corrected chi connectivity index (χ3v) is 10.4. The van der Waals surface area contributed by atoms with E-state index in [1.165, 1.54) is 6.92 Å².